The molecular weight excluding hydrogens is 336 g/mol. The van der Waals surface area contributed by atoms with Gasteiger partial charge in [0.2, 0.25) is 5.96 Å². The molecule has 0 atom stereocenters. The van der Waals surface area contributed by atoms with E-state index in [0.29, 0.717) is 28.9 Å². The number of carbonyl (C=O) groups excluding carboxylic acids is 1. The standard InChI is InChI=1S/C19H13ClN4O/c20-16-9-4-3-8-15(16)18(25)22-17-14-7-2-1-6-13(14)12-24-11-5-10-21-19(24)23-17/h1-11H,12H2. The average molecular weight is 349 g/mol. The number of allylic oxidation sites excluding steroid dienone is 1. The Labute approximate surface area is 149 Å². The number of guanidine groups is 1. The first-order chi connectivity index (χ1) is 12.2. The topological polar surface area (TPSA) is 57.4 Å². The summed E-state index contributed by atoms with van der Waals surface area (Å²) in [5.74, 6) is 0.415. The van der Waals surface area contributed by atoms with Crippen molar-refractivity contribution in [3.05, 3.63) is 82.5 Å². The van der Waals surface area contributed by atoms with Crippen molar-refractivity contribution in [1.82, 2.24) is 4.90 Å². The Balaban J connectivity index is 1.84. The second-order valence-corrected chi connectivity index (χ2v) is 5.94. The van der Waals surface area contributed by atoms with Gasteiger partial charge in [-0.2, -0.15) is 9.98 Å². The van der Waals surface area contributed by atoms with Gasteiger partial charge in [0.1, 0.15) is 0 Å². The minimum atomic E-state index is -0.427. The molecule has 0 aromatic heterocycles. The molecule has 0 radical (unpaired) electrons. The highest BCUT2D eigenvalue weighted by atomic mass is 35.5. The summed E-state index contributed by atoms with van der Waals surface area (Å²) in [6.07, 6.45) is 5.42. The molecule has 0 saturated heterocycles. The Morgan fingerprint density at radius 2 is 1.92 bits per heavy atom. The number of aliphatic imine (C=N–C) groups is 3. The molecule has 0 fully saturated rings. The molecular formula is C19H13ClN4O. The summed E-state index contributed by atoms with van der Waals surface area (Å²) in [7, 11) is 0. The predicted molar refractivity (Wildman–Crippen MR) is 99.4 cm³/mol. The molecule has 2 aromatic rings. The van der Waals surface area contributed by atoms with E-state index in [1.54, 1.807) is 30.5 Å². The van der Waals surface area contributed by atoms with E-state index < -0.39 is 5.91 Å². The number of halogens is 1. The summed E-state index contributed by atoms with van der Waals surface area (Å²) < 4.78 is 0. The van der Waals surface area contributed by atoms with Crippen LogP contribution in [0.4, 0.5) is 0 Å². The van der Waals surface area contributed by atoms with Gasteiger partial charge in [0, 0.05) is 18.0 Å². The van der Waals surface area contributed by atoms with Crippen LogP contribution in [-0.2, 0) is 6.54 Å². The second kappa shape index (κ2) is 6.45. The Morgan fingerprint density at radius 3 is 2.80 bits per heavy atom. The molecule has 0 unspecified atom stereocenters. The van der Waals surface area contributed by atoms with Crippen molar-refractivity contribution in [1.29, 1.82) is 0 Å². The first kappa shape index (κ1) is 15.5. The fraction of sp³-hybridized carbons (Fsp3) is 0.0526. The smallest absolute Gasteiger partial charge is 0.280 e. The van der Waals surface area contributed by atoms with Crippen molar-refractivity contribution < 1.29 is 4.79 Å². The molecule has 2 aliphatic heterocycles. The first-order valence-electron chi connectivity index (χ1n) is 7.74. The van der Waals surface area contributed by atoms with Crippen LogP contribution in [0.5, 0.6) is 0 Å². The van der Waals surface area contributed by atoms with Crippen LogP contribution in [0.2, 0.25) is 5.02 Å². The second-order valence-electron chi connectivity index (χ2n) is 5.54. The van der Waals surface area contributed by atoms with E-state index in [-0.39, 0.29) is 0 Å². The van der Waals surface area contributed by atoms with Gasteiger partial charge in [-0.3, -0.25) is 4.79 Å². The molecule has 2 aromatic carbocycles. The summed E-state index contributed by atoms with van der Waals surface area (Å²) in [5, 5.41) is 0.367. The van der Waals surface area contributed by atoms with Crippen molar-refractivity contribution >= 4 is 35.5 Å². The summed E-state index contributed by atoms with van der Waals surface area (Å²) in [5.41, 5.74) is 2.18. The largest absolute Gasteiger partial charge is 0.313 e. The lowest BCUT2D eigenvalue weighted by Crippen LogP contribution is -2.25. The predicted octanol–water partition coefficient (Wildman–Crippen LogP) is 3.70. The number of hydrogen-bond donors (Lipinski definition) is 0. The van der Waals surface area contributed by atoms with Crippen LogP contribution in [0.3, 0.4) is 0 Å². The van der Waals surface area contributed by atoms with Gasteiger partial charge in [-0.05, 0) is 23.8 Å². The average Bonchev–Trinajstić information content (AvgIpc) is 2.78. The summed E-state index contributed by atoms with van der Waals surface area (Å²) in [6, 6.07) is 14.6. The van der Waals surface area contributed by atoms with E-state index in [9.17, 15) is 4.79 Å². The van der Waals surface area contributed by atoms with Crippen LogP contribution < -0.4 is 0 Å². The van der Waals surface area contributed by atoms with Gasteiger partial charge in [-0.15, -0.1) is 0 Å². The van der Waals surface area contributed by atoms with Gasteiger partial charge >= 0.3 is 0 Å². The molecule has 0 bridgehead atoms. The van der Waals surface area contributed by atoms with Crippen LogP contribution in [-0.4, -0.2) is 28.8 Å². The van der Waals surface area contributed by atoms with Crippen molar-refractivity contribution in [3.8, 4) is 0 Å². The van der Waals surface area contributed by atoms with Crippen LogP contribution in [0.25, 0.3) is 0 Å². The molecule has 2 aliphatic rings. The molecule has 0 aliphatic carbocycles. The highest BCUT2D eigenvalue weighted by Crippen LogP contribution is 2.21. The summed E-state index contributed by atoms with van der Waals surface area (Å²) in [4.78, 5) is 27.6. The van der Waals surface area contributed by atoms with Crippen molar-refractivity contribution in [2.45, 2.75) is 6.54 Å². The van der Waals surface area contributed by atoms with Gasteiger partial charge in [0.15, 0.2) is 5.84 Å². The molecule has 5 nitrogen and oxygen atoms in total. The van der Waals surface area contributed by atoms with E-state index in [2.05, 4.69) is 15.0 Å². The number of carbonyl (C=O) groups is 1. The van der Waals surface area contributed by atoms with Crippen LogP contribution >= 0.6 is 11.6 Å². The summed E-state index contributed by atoms with van der Waals surface area (Å²) >= 11 is 6.11. The molecule has 0 N–H and O–H groups in total. The zero-order valence-electron chi connectivity index (χ0n) is 13.1. The molecule has 0 saturated carbocycles. The van der Waals surface area contributed by atoms with Crippen molar-refractivity contribution in [3.63, 3.8) is 0 Å². The lowest BCUT2D eigenvalue weighted by Gasteiger charge is -2.19. The maximum absolute atomic E-state index is 12.6. The van der Waals surface area contributed by atoms with Crippen LogP contribution in [0.1, 0.15) is 21.5 Å². The minimum Gasteiger partial charge on any atom is -0.313 e. The zero-order valence-corrected chi connectivity index (χ0v) is 13.9. The van der Waals surface area contributed by atoms with E-state index in [1.807, 2.05) is 41.4 Å². The van der Waals surface area contributed by atoms with Crippen molar-refractivity contribution in [2.75, 3.05) is 0 Å². The third-order valence-corrected chi connectivity index (χ3v) is 4.25. The zero-order chi connectivity index (χ0) is 17.2. The third kappa shape index (κ3) is 3.02. The van der Waals surface area contributed by atoms with E-state index in [0.717, 1.165) is 11.1 Å². The van der Waals surface area contributed by atoms with Gasteiger partial charge < -0.3 is 4.90 Å². The number of hydrogen-bond acceptors (Lipinski definition) is 3. The molecule has 2 heterocycles. The number of nitrogens with zero attached hydrogens (tertiary/aromatic N) is 4. The van der Waals surface area contributed by atoms with Gasteiger partial charge in [0.25, 0.3) is 5.91 Å². The Kier molecular flexibility index (Phi) is 3.99. The van der Waals surface area contributed by atoms with Gasteiger partial charge in [0.05, 0.1) is 17.1 Å². The molecule has 0 spiro atoms. The van der Waals surface area contributed by atoms with E-state index >= 15 is 0 Å². The lowest BCUT2D eigenvalue weighted by molar-refractivity contribution is 0.100. The van der Waals surface area contributed by atoms with Gasteiger partial charge in [-0.25, -0.2) is 4.99 Å². The normalized spacial score (nSPS) is 16.9. The summed E-state index contributed by atoms with van der Waals surface area (Å²) in [6.45, 7) is 0.613. The van der Waals surface area contributed by atoms with Crippen molar-refractivity contribution in [2.24, 2.45) is 15.0 Å². The van der Waals surface area contributed by atoms with E-state index in [1.165, 1.54) is 0 Å². The number of amides is 1. The number of amidine groups is 1. The Bertz CT molecular complexity index is 975. The highest BCUT2D eigenvalue weighted by Gasteiger charge is 2.22. The fourth-order valence-corrected chi connectivity index (χ4v) is 2.92. The molecule has 6 heteroatoms. The highest BCUT2D eigenvalue weighted by molar-refractivity contribution is 6.34. The maximum atomic E-state index is 12.6. The monoisotopic (exact) mass is 348 g/mol. The number of fused-ring (bicyclic) bond motifs is 2. The lowest BCUT2D eigenvalue weighted by atomic mass is 10.1. The number of rotatable bonds is 1. The van der Waals surface area contributed by atoms with Crippen LogP contribution in [0, 0.1) is 0 Å². The molecule has 1 amide bonds. The molecule has 25 heavy (non-hydrogen) atoms. The maximum Gasteiger partial charge on any atom is 0.280 e. The Hall–Kier alpha value is -3.05. The quantitative estimate of drug-likeness (QED) is 0.789. The Morgan fingerprint density at radius 1 is 1.12 bits per heavy atom. The third-order valence-electron chi connectivity index (χ3n) is 3.92. The molecule has 122 valence electrons. The van der Waals surface area contributed by atoms with Crippen LogP contribution in [0.15, 0.2) is 75.8 Å². The SMILES string of the molecule is O=C(N=C1N=C2N=CC=CN2Cc2ccccc21)c1ccccc1Cl. The number of benzene rings is 2. The fourth-order valence-electron chi connectivity index (χ4n) is 2.70. The van der Waals surface area contributed by atoms with Gasteiger partial charge in [-0.1, -0.05) is 48.0 Å². The molecule has 4 rings (SSSR count). The van der Waals surface area contributed by atoms with E-state index in [4.69, 9.17) is 11.6 Å². The minimum absolute atomic E-state index is 0.338. The first-order valence-corrected chi connectivity index (χ1v) is 8.12.